The summed E-state index contributed by atoms with van der Waals surface area (Å²) in [6, 6.07) is 9.65. The quantitative estimate of drug-likeness (QED) is 0.856. The number of aryl methyl sites for hydroxylation is 1. The molecule has 1 aliphatic heterocycles. The van der Waals surface area contributed by atoms with E-state index in [9.17, 15) is 4.79 Å². The van der Waals surface area contributed by atoms with Crippen LogP contribution in [0.2, 0.25) is 0 Å². The maximum absolute atomic E-state index is 11.7. The Morgan fingerprint density at radius 2 is 2.05 bits per heavy atom. The van der Waals surface area contributed by atoms with Crippen LogP contribution >= 0.6 is 0 Å². The molecule has 21 heavy (non-hydrogen) atoms. The molecule has 1 aliphatic rings. The summed E-state index contributed by atoms with van der Waals surface area (Å²) in [6.45, 7) is 1.47. The van der Waals surface area contributed by atoms with E-state index in [0.29, 0.717) is 38.3 Å². The van der Waals surface area contributed by atoms with Crippen LogP contribution in [0.3, 0.4) is 0 Å². The number of benzene rings is 1. The second-order valence-corrected chi connectivity index (χ2v) is 5.13. The molecule has 7 heteroatoms. The fourth-order valence-corrected chi connectivity index (χ4v) is 2.23. The van der Waals surface area contributed by atoms with Crippen molar-refractivity contribution >= 4 is 5.91 Å². The molecule has 0 bridgehead atoms. The van der Waals surface area contributed by atoms with Crippen molar-refractivity contribution in [2.45, 2.75) is 25.5 Å². The van der Waals surface area contributed by atoms with Crippen LogP contribution in [0.1, 0.15) is 12.8 Å². The predicted molar refractivity (Wildman–Crippen MR) is 75.1 cm³/mol. The first kappa shape index (κ1) is 13.7. The molecule has 0 unspecified atom stereocenters. The van der Waals surface area contributed by atoms with Crippen LogP contribution in [0.15, 0.2) is 30.3 Å². The Bertz CT molecular complexity index is 607. The van der Waals surface area contributed by atoms with Gasteiger partial charge in [0.25, 0.3) is 0 Å². The van der Waals surface area contributed by atoms with Crippen molar-refractivity contribution in [3.05, 3.63) is 30.3 Å². The van der Waals surface area contributed by atoms with Crippen molar-refractivity contribution in [2.75, 3.05) is 13.1 Å². The molecule has 0 radical (unpaired) electrons. The number of aromatic nitrogens is 4. The van der Waals surface area contributed by atoms with Crippen molar-refractivity contribution in [2.24, 2.45) is 0 Å². The van der Waals surface area contributed by atoms with E-state index in [1.807, 2.05) is 30.3 Å². The van der Waals surface area contributed by atoms with Crippen LogP contribution in [-0.2, 0) is 11.3 Å². The van der Waals surface area contributed by atoms with E-state index in [2.05, 4.69) is 15.4 Å². The number of aliphatic hydroxyl groups excluding tert-OH is 1. The highest BCUT2D eigenvalue weighted by Crippen LogP contribution is 2.13. The summed E-state index contributed by atoms with van der Waals surface area (Å²) in [5.41, 5.74) is 0.925. The molecule has 0 atom stereocenters. The number of likely N-dealkylation sites (tertiary alicyclic amines) is 1. The van der Waals surface area contributed by atoms with E-state index in [0.717, 1.165) is 5.56 Å². The lowest BCUT2D eigenvalue weighted by atomic mass is 10.1. The molecule has 2 heterocycles. The van der Waals surface area contributed by atoms with E-state index in [-0.39, 0.29) is 12.0 Å². The van der Waals surface area contributed by atoms with Gasteiger partial charge in [0.1, 0.15) is 0 Å². The summed E-state index contributed by atoms with van der Waals surface area (Å²) < 4.78 is 0. The molecule has 110 valence electrons. The third-order valence-electron chi connectivity index (χ3n) is 3.45. The Labute approximate surface area is 122 Å². The van der Waals surface area contributed by atoms with Crippen LogP contribution in [0.5, 0.6) is 0 Å². The molecule has 3 rings (SSSR count). The number of rotatable bonds is 5. The van der Waals surface area contributed by atoms with Gasteiger partial charge in [0.2, 0.25) is 11.7 Å². The number of β-amino-alcohol motifs (C(OH)–C–C–N with tert-alkyl or cyclic N) is 1. The van der Waals surface area contributed by atoms with Gasteiger partial charge in [-0.3, -0.25) is 4.79 Å². The lowest BCUT2D eigenvalue weighted by molar-refractivity contribution is -0.141. The van der Waals surface area contributed by atoms with Crippen molar-refractivity contribution in [1.29, 1.82) is 0 Å². The fraction of sp³-hybridized carbons (Fsp3) is 0.429. The smallest absolute Gasteiger partial charge is 0.222 e. The molecule has 1 saturated heterocycles. The summed E-state index contributed by atoms with van der Waals surface area (Å²) in [5.74, 6) is 0.663. The zero-order chi connectivity index (χ0) is 14.7. The summed E-state index contributed by atoms with van der Waals surface area (Å²) in [7, 11) is 0. The van der Waals surface area contributed by atoms with Crippen molar-refractivity contribution in [3.8, 4) is 11.4 Å². The van der Waals surface area contributed by atoms with Crippen LogP contribution in [0, 0.1) is 0 Å². The van der Waals surface area contributed by atoms with Crippen molar-refractivity contribution in [1.82, 2.24) is 25.1 Å². The summed E-state index contributed by atoms with van der Waals surface area (Å²) in [4.78, 5) is 14.9. The van der Waals surface area contributed by atoms with Gasteiger partial charge >= 0.3 is 0 Å². The topological polar surface area (TPSA) is 84.1 Å². The standard InChI is InChI=1S/C14H17N5O2/c20-12-9-18(10-12)13(21)7-4-8-19-16-14(15-17-19)11-5-2-1-3-6-11/h1-3,5-6,12,20H,4,7-10H2. The highest BCUT2D eigenvalue weighted by Gasteiger charge is 2.27. The van der Waals surface area contributed by atoms with Gasteiger partial charge in [-0.25, -0.2) is 0 Å². The van der Waals surface area contributed by atoms with Crippen molar-refractivity contribution < 1.29 is 9.90 Å². The van der Waals surface area contributed by atoms with Gasteiger partial charge in [-0.1, -0.05) is 30.3 Å². The first-order valence-corrected chi connectivity index (χ1v) is 7.01. The number of tetrazole rings is 1. The molecule has 0 saturated carbocycles. The summed E-state index contributed by atoms with van der Waals surface area (Å²) >= 11 is 0. The SMILES string of the molecule is O=C(CCCn1nnc(-c2ccccc2)n1)N1CC(O)C1. The van der Waals surface area contributed by atoms with Gasteiger partial charge in [0, 0.05) is 25.1 Å². The maximum Gasteiger partial charge on any atom is 0.222 e. The molecular weight excluding hydrogens is 270 g/mol. The normalized spacial score (nSPS) is 15.0. The molecular formula is C14H17N5O2. The van der Waals surface area contributed by atoms with Gasteiger partial charge < -0.3 is 10.0 Å². The van der Waals surface area contributed by atoms with E-state index < -0.39 is 0 Å². The van der Waals surface area contributed by atoms with Crippen LogP contribution < -0.4 is 0 Å². The number of carbonyl (C=O) groups excluding carboxylic acids is 1. The van der Waals surface area contributed by atoms with E-state index in [1.54, 1.807) is 4.90 Å². The molecule has 0 spiro atoms. The van der Waals surface area contributed by atoms with Gasteiger partial charge in [0.15, 0.2) is 0 Å². The Hall–Kier alpha value is -2.28. The third-order valence-corrected chi connectivity index (χ3v) is 3.45. The monoisotopic (exact) mass is 287 g/mol. The molecule has 1 aromatic carbocycles. The molecule has 7 nitrogen and oxygen atoms in total. The average Bonchev–Trinajstić information content (AvgIpc) is 2.93. The minimum Gasteiger partial charge on any atom is -0.389 e. The second-order valence-electron chi connectivity index (χ2n) is 5.13. The predicted octanol–water partition coefficient (Wildman–Crippen LogP) is 0.323. The van der Waals surface area contributed by atoms with Crippen molar-refractivity contribution in [3.63, 3.8) is 0 Å². The first-order valence-electron chi connectivity index (χ1n) is 7.01. The number of hydrogen-bond acceptors (Lipinski definition) is 5. The van der Waals surface area contributed by atoms with E-state index in [1.165, 1.54) is 4.80 Å². The van der Waals surface area contributed by atoms with Crippen LogP contribution in [0.25, 0.3) is 11.4 Å². The zero-order valence-corrected chi connectivity index (χ0v) is 11.6. The van der Waals surface area contributed by atoms with E-state index >= 15 is 0 Å². The molecule has 0 aliphatic carbocycles. The molecule has 1 N–H and O–H groups in total. The van der Waals surface area contributed by atoms with Gasteiger partial charge in [0.05, 0.1) is 12.6 Å². The first-order chi connectivity index (χ1) is 10.2. The highest BCUT2D eigenvalue weighted by molar-refractivity contribution is 5.77. The Morgan fingerprint density at radius 3 is 2.76 bits per heavy atom. The fourth-order valence-electron chi connectivity index (χ4n) is 2.23. The average molecular weight is 287 g/mol. The minimum atomic E-state index is -0.348. The molecule has 1 fully saturated rings. The summed E-state index contributed by atoms with van der Waals surface area (Å²) in [5, 5.41) is 21.5. The maximum atomic E-state index is 11.7. The Kier molecular flexibility index (Phi) is 3.92. The molecule has 1 aromatic heterocycles. The number of amides is 1. The molecule has 2 aromatic rings. The van der Waals surface area contributed by atoms with E-state index in [4.69, 9.17) is 5.11 Å². The van der Waals surface area contributed by atoms with Gasteiger partial charge in [-0.05, 0) is 11.6 Å². The second kappa shape index (κ2) is 6.01. The largest absolute Gasteiger partial charge is 0.389 e. The summed E-state index contributed by atoms with van der Waals surface area (Å²) in [6.07, 6.45) is 0.754. The zero-order valence-electron chi connectivity index (χ0n) is 11.6. The lowest BCUT2D eigenvalue weighted by Gasteiger charge is -2.35. The highest BCUT2D eigenvalue weighted by atomic mass is 16.3. The number of aliphatic hydroxyl groups is 1. The van der Waals surface area contributed by atoms with Gasteiger partial charge in [-0.15, -0.1) is 10.2 Å². The van der Waals surface area contributed by atoms with Crippen LogP contribution in [-0.4, -0.2) is 55.3 Å². The number of hydrogen-bond donors (Lipinski definition) is 1. The van der Waals surface area contributed by atoms with Crippen LogP contribution in [0.4, 0.5) is 0 Å². The van der Waals surface area contributed by atoms with Gasteiger partial charge in [-0.2, -0.15) is 4.80 Å². The number of nitrogens with zero attached hydrogens (tertiary/aromatic N) is 5. The lowest BCUT2D eigenvalue weighted by Crippen LogP contribution is -2.53. The Morgan fingerprint density at radius 1 is 1.29 bits per heavy atom. The minimum absolute atomic E-state index is 0.0729. The molecule has 1 amide bonds. The number of carbonyl (C=O) groups is 1. The third kappa shape index (κ3) is 3.25. The Balaban J connectivity index is 1.48.